The topological polar surface area (TPSA) is 26.3 Å². The van der Waals surface area contributed by atoms with E-state index in [1.54, 1.807) is 0 Å². The van der Waals surface area contributed by atoms with E-state index in [0.717, 1.165) is 27.8 Å². The highest BCUT2D eigenvalue weighted by Gasteiger charge is 2.28. The number of esters is 1. The third-order valence-electron chi connectivity index (χ3n) is 3.81. The molecule has 3 rings (SSSR count). The molecule has 0 saturated heterocycles. The fourth-order valence-electron chi connectivity index (χ4n) is 2.79. The first-order valence-corrected chi connectivity index (χ1v) is 6.87. The molecule has 104 valence electrons. The molecule has 21 heavy (non-hydrogen) atoms. The maximum atomic E-state index is 12.1. The Balaban J connectivity index is 2.14. The molecular formula is C19H16O2. The Labute approximate surface area is 124 Å². The third kappa shape index (κ3) is 2.29. The fourth-order valence-corrected chi connectivity index (χ4v) is 2.79. The van der Waals surface area contributed by atoms with E-state index in [0.29, 0.717) is 12.0 Å². The lowest BCUT2D eigenvalue weighted by Gasteiger charge is -2.11. The highest BCUT2D eigenvalue weighted by Crippen LogP contribution is 2.41. The molecule has 1 aliphatic rings. The minimum Gasteiger partial charge on any atom is -0.466 e. The number of fused-ring (bicyclic) bond motifs is 1. The van der Waals surface area contributed by atoms with Crippen LogP contribution in [0.3, 0.4) is 0 Å². The van der Waals surface area contributed by atoms with Crippen molar-refractivity contribution in [1.29, 1.82) is 0 Å². The SMILES string of the molecule is C=C(C1=C(C(=O)OC)Cc2ccccc21)c1ccccc1. The van der Waals surface area contributed by atoms with Crippen LogP contribution in [0.1, 0.15) is 16.7 Å². The molecule has 0 saturated carbocycles. The molecule has 0 fully saturated rings. The van der Waals surface area contributed by atoms with Gasteiger partial charge in [0.15, 0.2) is 0 Å². The molecule has 2 aromatic rings. The van der Waals surface area contributed by atoms with Crippen molar-refractivity contribution in [3.8, 4) is 0 Å². The number of hydrogen-bond donors (Lipinski definition) is 0. The van der Waals surface area contributed by atoms with Gasteiger partial charge >= 0.3 is 5.97 Å². The summed E-state index contributed by atoms with van der Waals surface area (Å²) in [5.41, 5.74) is 5.69. The zero-order chi connectivity index (χ0) is 14.8. The van der Waals surface area contributed by atoms with Crippen LogP contribution >= 0.6 is 0 Å². The third-order valence-corrected chi connectivity index (χ3v) is 3.81. The summed E-state index contributed by atoms with van der Waals surface area (Å²) >= 11 is 0. The molecule has 2 heteroatoms. The maximum absolute atomic E-state index is 12.1. The van der Waals surface area contributed by atoms with Gasteiger partial charge in [-0.2, -0.15) is 0 Å². The fraction of sp³-hybridized carbons (Fsp3) is 0.105. The van der Waals surface area contributed by atoms with Gasteiger partial charge in [-0.1, -0.05) is 61.2 Å². The van der Waals surface area contributed by atoms with Gasteiger partial charge in [-0.15, -0.1) is 0 Å². The molecule has 0 N–H and O–H groups in total. The van der Waals surface area contributed by atoms with Gasteiger partial charge in [-0.3, -0.25) is 0 Å². The number of rotatable bonds is 3. The molecule has 0 heterocycles. The minimum atomic E-state index is -0.279. The molecular weight excluding hydrogens is 260 g/mol. The highest BCUT2D eigenvalue weighted by atomic mass is 16.5. The first kappa shape index (κ1) is 13.4. The Morgan fingerprint density at radius 1 is 1.05 bits per heavy atom. The van der Waals surface area contributed by atoms with Gasteiger partial charge < -0.3 is 4.74 Å². The van der Waals surface area contributed by atoms with Crippen LogP contribution in [-0.4, -0.2) is 13.1 Å². The van der Waals surface area contributed by atoms with Crippen molar-refractivity contribution in [3.63, 3.8) is 0 Å². The largest absolute Gasteiger partial charge is 0.466 e. The summed E-state index contributed by atoms with van der Waals surface area (Å²) in [6.07, 6.45) is 0.601. The van der Waals surface area contributed by atoms with Gasteiger partial charge in [0.1, 0.15) is 0 Å². The van der Waals surface area contributed by atoms with E-state index in [1.165, 1.54) is 7.11 Å². The van der Waals surface area contributed by atoms with Crippen LogP contribution in [0.5, 0.6) is 0 Å². The molecule has 2 aromatic carbocycles. The van der Waals surface area contributed by atoms with Gasteiger partial charge in [0.05, 0.1) is 7.11 Å². The van der Waals surface area contributed by atoms with Crippen molar-refractivity contribution in [2.45, 2.75) is 6.42 Å². The quantitative estimate of drug-likeness (QED) is 0.795. The second-order valence-corrected chi connectivity index (χ2v) is 5.02. The van der Waals surface area contributed by atoms with Gasteiger partial charge in [0.25, 0.3) is 0 Å². The summed E-state index contributed by atoms with van der Waals surface area (Å²) in [5, 5.41) is 0. The molecule has 0 amide bonds. The van der Waals surface area contributed by atoms with Crippen molar-refractivity contribution >= 4 is 17.1 Å². The van der Waals surface area contributed by atoms with E-state index >= 15 is 0 Å². The molecule has 0 aromatic heterocycles. The lowest BCUT2D eigenvalue weighted by molar-refractivity contribution is -0.136. The predicted molar refractivity (Wildman–Crippen MR) is 84.6 cm³/mol. The first-order chi connectivity index (χ1) is 10.2. The van der Waals surface area contributed by atoms with E-state index in [2.05, 4.69) is 6.58 Å². The summed E-state index contributed by atoms with van der Waals surface area (Å²) in [4.78, 5) is 12.1. The monoisotopic (exact) mass is 276 g/mol. The number of carbonyl (C=O) groups excluding carboxylic acids is 1. The average Bonchev–Trinajstić information content (AvgIpc) is 2.93. The second kappa shape index (κ2) is 5.41. The summed E-state index contributed by atoms with van der Waals surface area (Å²) in [6, 6.07) is 18.0. The van der Waals surface area contributed by atoms with Crippen molar-refractivity contribution in [1.82, 2.24) is 0 Å². The van der Waals surface area contributed by atoms with Crippen LogP contribution < -0.4 is 0 Å². The zero-order valence-electron chi connectivity index (χ0n) is 11.9. The lowest BCUT2D eigenvalue weighted by Crippen LogP contribution is -2.06. The van der Waals surface area contributed by atoms with Crippen LogP contribution in [0.25, 0.3) is 11.1 Å². The van der Waals surface area contributed by atoms with Crippen molar-refractivity contribution in [2.24, 2.45) is 0 Å². The van der Waals surface area contributed by atoms with E-state index in [4.69, 9.17) is 4.74 Å². The standard InChI is InChI=1S/C19H16O2/c1-13(14-8-4-3-5-9-14)18-16-11-7-6-10-15(16)12-17(18)19(20)21-2/h3-11H,1,12H2,2H3. The second-order valence-electron chi connectivity index (χ2n) is 5.02. The zero-order valence-corrected chi connectivity index (χ0v) is 11.9. The maximum Gasteiger partial charge on any atom is 0.334 e. The highest BCUT2D eigenvalue weighted by molar-refractivity contribution is 6.15. The van der Waals surface area contributed by atoms with Gasteiger partial charge in [0.2, 0.25) is 0 Å². The van der Waals surface area contributed by atoms with E-state index < -0.39 is 0 Å². The molecule has 0 bridgehead atoms. The smallest absolute Gasteiger partial charge is 0.334 e. The van der Waals surface area contributed by atoms with Crippen LogP contribution in [0.4, 0.5) is 0 Å². The normalized spacial score (nSPS) is 13.0. The number of carbonyl (C=O) groups is 1. The Morgan fingerprint density at radius 3 is 2.43 bits per heavy atom. The number of hydrogen-bond acceptors (Lipinski definition) is 2. The molecule has 2 nitrogen and oxygen atoms in total. The van der Waals surface area contributed by atoms with Crippen LogP contribution in [0, 0.1) is 0 Å². The predicted octanol–water partition coefficient (Wildman–Crippen LogP) is 3.88. The molecule has 0 atom stereocenters. The summed E-state index contributed by atoms with van der Waals surface area (Å²) < 4.78 is 4.94. The lowest BCUT2D eigenvalue weighted by atomic mass is 9.93. The van der Waals surface area contributed by atoms with Crippen molar-refractivity contribution < 1.29 is 9.53 Å². The first-order valence-electron chi connectivity index (χ1n) is 6.87. The van der Waals surface area contributed by atoms with E-state index in [-0.39, 0.29) is 5.97 Å². The number of ether oxygens (including phenoxy) is 1. The van der Waals surface area contributed by atoms with Gasteiger partial charge in [-0.25, -0.2) is 4.79 Å². The summed E-state index contributed by atoms with van der Waals surface area (Å²) in [7, 11) is 1.42. The van der Waals surface area contributed by atoms with Crippen LogP contribution in [0.2, 0.25) is 0 Å². The minimum absolute atomic E-state index is 0.279. The number of benzene rings is 2. The van der Waals surface area contributed by atoms with Gasteiger partial charge in [-0.05, 0) is 27.8 Å². The Hall–Kier alpha value is -2.61. The van der Waals surface area contributed by atoms with Crippen LogP contribution in [-0.2, 0) is 16.0 Å². The number of allylic oxidation sites excluding steroid dienone is 2. The molecule has 0 radical (unpaired) electrons. The Morgan fingerprint density at radius 2 is 1.71 bits per heavy atom. The van der Waals surface area contributed by atoms with E-state index in [1.807, 2.05) is 54.6 Å². The Bertz CT molecular complexity index is 739. The molecule has 0 aliphatic heterocycles. The average molecular weight is 276 g/mol. The number of methoxy groups -OCH3 is 1. The molecule has 0 unspecified atom stereocenters. The van der Waals surface area contributed by atoms with Crippen molar-refractivity contribution in [2.75, 3.05) is 7.11 Å². The molecule has 0 spiro atoms. The van der Waals surface area contributed by atoms with Gasteiger partial charge in [0, 0.05) is 12.0 Å². The van der Waals surface area contributed by atoms with Crippen molar-refractivity contribution in [3.05, 3.63) is 83.4 Å². The van der Waals surface area contributed by atoms with E-state index in [9.17, 15) is 4.79 Å². The Kier molecular flexibility index (Phi) is 3.44. The summed E-state index contributed by atoms with van der Waals surface area (Å²) in [6.45, 7) is 4.21. The van der Waals surface area contributed by atoms with Crippen LogP contribution in [0.15, 0.2) is 66.7 Å². The molecule has 1 aliphatic carbocycles. The summed E-state index contributed by atoms with van der Waals surface area (Å²) in [5.74, 6) is -0.279.